The van der Waals surface area contributed by atoms with Crippen LogP contribution in [0.5, 0.6) is 0 Å². The molecule has 0 aromatic heterocycles. The van der Waals surface area contributed by atoms with Crippen molar-refractivity contribution >= 4 is 5.69 Å². The van der Waals surface area contributed by atoms with Crippen molar-refractivity contribution in [1.29, 1.82) is 0 Å². The molecule has 1 unspecified atom stereocenters. The van der Waals surface area contributed by atoms with Gasteiger partial charge in [-0.25, -0.2) is 0 Å². The van der Waals surface area contributed by atoms with Gasteiger partial charge in [0, 0.05) is 24.8 Å². The topological polar surface area (TPSA) is 15.3 Å². The molecule has 0 bridgehead atoms. The summed E-state index contributed by atoms with van der Waals surface area (Å²) in [5.41, 5.74) is 4.64. The summed E-state index contributed by atoms with van der Waals surface area (Å²) in [4.78, 5) is 2.59. The Morgan fingerprint density at radius 3 is 2.80 bits per heavy atom. The zero-order valence-corrected chi connectivity index (χ0v) is 13.8. The highest BCUT2D eigenvalue weighted by Gasteiger charge is 2.29. The Kier molecular flexibility index (Phi) is 4.74. The van der Waals surface area contributed by atoms with Gasteiger partial charge in [0.25, 0.3) is 0 Å². The third kappa shape index (κ3) is 3.35. The van der Waals surface area contributed by atoms with E-state index in [-0.39, 0.29) is 5.41 Å². The number of benzene rings is 1. The molecule has 0 radical (unpaired) electrons. The predicted octanol–water partition coefficient (Wildman–Crippen LogP) is 3.77. The SMILES string of the molecule is CCNC(C)C(C)(C)CN1CCCc2cc(C)ccc21. The maximum absolute atomic E-state index is 3.58. The molecular weight excluding hydrogens is 244 g/mol. The van der Waals surface area contributed by atoms with Gasteiger partial charge in [0.2, 0.25) is 0 Å². The third-order valence-corrected chi connectivity index (χ3v) is 4.73. The van der Waals surface area contributed by atoms with Crippen molar-refractivity contribution in [1.82, 2.24) is 5.32 Å². The van der Waals surface area contributed by atoms with E-state index >= 15 is 0 Å². The molecule has 2 heteroatoms. The fraction of sp³-hybridized carbons (Fsp3) is 0.667. The molecule has 0 amide bonds. The van der Waals surface area contributed by atoms with Crippen LogP contribution in [0, 0.1) is 12.3 Å². The summed E-state index contributed by atoms with van der Waals surface area (Å²) in [6, 6.07) is 7.46. The molecule has 1 N–H and O–H groups in total. The average Bonchev–Trinajstić information content (AvgIpc) is 2.38. The Bertz CT molecular complexity index is 451. The van der Waals surface area contributed by atoms with Crippen LogP contribution in [0.3, 0.4) is 0 Å². The maximum atomic E-state index is 3.58. The molecule has 112 valence electrons. The molecule has 1 aromatic carbocycles. The summed E-state index contributed by atoms with van der Waals surface area (Å²) in [5.74, 6) is 0. The molecule has 0 fully saturated rings. The van der Waals surface area contributed by atoms with Crippen LogP contribution in [-0.4, -0.2) is 25.7 Å². The van der Waals surface area contributed by atoms with Crippen molar-refractivity contribution in [2.75, 3.05) is 24.5 Å². The molecule has 1 atom stereocenters. The highest BCUT2D eigenvalue weighted by atomic mass is 15.1. The number of hydrogen-bond acceptors (Lipinski definition) is 2. The minimum absolute atomic E-state index is 0.273. The zero-order chi connectivity index (χ0) is 14.8. The third-order valence-electron chi connectivity index (χ3n) is 4.73. The second-order valence-electron chi connectivity index (χ2n) is 6.93. The van der Waals surface area contributed by atoms with Gasteiger partial charge in [0.15, 0.2) is 0 Å². The van der Waals surface area contributed by atoms with Gasteiger partial charge in [-0.15, -0.1) is 0 Å². The van der Waals surface area contributed by atoms with E-state index in [9.17, 15) is 0 Å². The second-order valence-corrected chi connectivity index (χ2v) is 6.93. The summed E-state index contributed by atoms with van der Waals surface area (Å²) in [5, 5.41) is 3.58. The lowest BCUT2D eigenvalue weighted by molar-refractivity contribution is 0.262. The number of nitrogens with zero attached hydrogens (tertiary/aromatic N) is 1. The standard InChI is InChI=1S/C18H30N2/c1-6-19-15(3)18(4,5)13-20-11-7-8-16-12-14(2)9-10-17(16)20/h9-10,12,15,19H,6-8,11,13H2,1-5H3. The molecule has 0 saturated carbocycles. The molecule has 1 heterocycles. The summed E-state index contributed by atoms with van der Waals surface area (Å²) >= 11 is 0. The minimum atomic E-state index is 0.273. The van der Waals surface area contributed by atoms with E-state index in [2.05, 4.69) is 63.0 Å². The first-order valence-electron chi connectivity index (χ1n) is 8.02. The molecule has 20 heavy (non-hydrogen) atoms. The predicted molar refractivity (Wildman–Crippen MR) is 88.6 cm³/mol. The van der Waals surface area contributed by atoms with E-state index < -0.39 is 0 Å². The highest BCUT2D eigenvalue weighted by Crippen LogP contribution is 2.32. The summed E-state index contributed by atoms with van der Waals surface area (Å²) in [7, 11) is 0. The summed E-state index contributed by atoms with van der Waals surface area (Å²) < 4.78 is 0. The Morgan fingerprint density at radius 2 is 2.10 bits per heavy atom. The van der Waals surface area contributed by atoms with Gasteiger partial charge < -0.3 is 10.2 Å². The van der Waals surface area contributed by atoms with E-state index in [0.29, 0.717) is 6.04 Å². The normalized spacial score (nSPS) is 16.9. The lowest BCUT2D eigenvalue weighted by atomic mass is 9.83. The molecule has 2 nitrogen and oxygen atoms in total. The fourth-order valence-electron chi connectivity index (χ4n) is 3.18. The lowest BCUT2D eigenvalue weighted by Gasteiger charge is -2.41. The number of rotatable bonds is 5. The van der Waals surface area contributed by atoms with Crippen LogP contribution in [0.25, 0.3) is 0 Å². The maximum Gasteiger partial charge on any atom is 0.0399 e. The Hall–Kier alpha value is -1.02. The molecule has 0 spiro atoms. The van der Waals surface area contributed by atoms with Gasteiger partial charge in [-0.05, 0) is 50.3 Å². The number of nitrogens with one attached hydrogen (secondary N) is 1. The average molecular weight is 274 g/mol. The Labute approximate surface area is 124 Å². The van der Waals surface area contributed by atoms with Crippen LogP contribution in [0.15, 0.2) is 18.2 Å². The molecule has 1 aliphatic heterocycles. The minimum Gasteiger partial charge on any atom is -0.371 e. The van der Waals surface area contributed by atoms with Crippen LogP contribution in [0.2, 0.25) is 0 Å². The molecule has 1 aliphatic rings. The second kappa shape index (κ2) is 6.17. The summed E-state index contributed by atoms with van der Waals surface area (Å²) in [6.07, 6.45) is 2.51. The van der Waals surface area contributed by atoms with Gasteiger partial charge in [0.1, 0.15) is 0 Å². The van der Waals surface area contributed by atoms with Crippen LogP contribution in [-0.2, 0) is 6.42 Å². The molecule has 2 rings (SSSR count). The number of aryl methyl sites for hydroxylation is 2. The molecule has 1 aromatic rings. The number of fused-ring (bicyclic) bond motifs is 1. The first-order valence-corrected chi connectivity index (χ1v) is 8.02. The van der Waals surface area contributed by atoms with E-state index in [1.807, 2.05) is 0 Å². The van der Waals surface area contributed by atoms with Crippen LogP contribution in [0.1, 0.15) is 45.2 Å². The van der Waals surface area contributed by atoms with Crippen LogP contribution < -0.4 is 10.2 Å². The quantitative estimate of drug-likeness (QED) is 0.879. The smallest absolute Gasteiger partial charge is 0.0399 e. The first-order chi connectivity index (χ1) is 9.44. The van der Waals surface area contributed by atoms with Gasteiger partial charge in [-0.2, -0.15) is 0 Å². The van der Waals surface area contributed by atoms with Crippen molar-refractivity contribution in [2.45, 2.75) is 53.5 Å². The lowest BCUT2D eigenvalue weighted by Crippen LogP contribution is -2.48. The molecule has 0 saturated heterocycles. The summed E-state index contributed by atoms with van der Waals surface area (Å²) in [6.45, 7) is 14.8. The monoisotopic (exact) mass is 274 g/mol. The largest absolute Gasteiger partial charge is 0.371 e. The Morgan fingerprint density at radius 1 is 1.35 bits per heavy atom. The molecule has 0 aliphatic carbocycles. The van der Waals surface area contributed by atoms with Gasteiger partial charge in [-0.3, -0.25) is 0 Å². The van der Waals surface area contributed by atoms with Crippen molar-refractivity contribution in [3.8, 4) is 0 Å². The zero-order valence-electron chi connectivity index (χ0n) is 13.8. The van der Waals surface area contributed by atoms with Gasteiger partial charge in [-0.1, -0.05) is 38.5 Å². The van der Waals surface area contributed by atoms with Crippen molar-refractivity contribution < 1.29 is 0 Å². The van der Waals surface area contributed by atoms with Crippen molar-refractivity contribution in [3.63, 3.8) is 0 Å². The Balaban J connectivity index is 2.15. The van der Waals surface area contributed by atoms with Crippen molar-refractivity contribution in [2.24, 2.45) is 5.41 Å². The van der Waals surface area contributed by atoms with Crippen LogP contribution in [0.4, 0.5) is 5.69 Å². The van der Waals surface area contributed by atoms with E-state index in [0.717, 1.165) is 13.1 Å². The van der Waals surface area contributed by atoms with E-state index in [4.69, 9.17) is 0 Å². The first kappa shape index (κ1) is 15.4. The number of hydrogen-bond donors (Lipinski definition) is 1. The fourth-order valence-corrected chi connectivity index (χ4v) is 3.18. The van der Waals surface area contributed by atoms with E-state index in [1.54, 1.807) is 0 Å². The van der Waals surface area contributed by atoms with E-state index in [1.165, 1.54) is 36.2 Å². The highest BCUT2D eigenvalue weighted by molar-refractivity contribution is 5.56. The van der Waals surface area contributed by atoms with Crippen LogP contribution >= 0.6 is 0 Å². The van der Waals surface area contributed by atoms with Crippen molar-refractivity contribution in [3.05, 3.63) is 29.3 Å². The number of anilines is 1. The molecular formula is C18H30N2. The van der Waals surface area contributed by atoms with Gasteiger partial charge >= 0.3 is 0 Å². The van der Waals surface area contributed by atoms with Gasteiger partial charge in [0.05, 0.1) is 0 Å².